The van der Waals surface area contributed by atoms with Crippen molar-refractivity contribution < 1.29 is 26.7 Å². The summed E-state index contributed by atoms with van der Waals surface area (Å²) >= 11 is 1.45. The van der Waals surface area contributed by atoms with E-state index in [4.69, 9.17) is 4.74 Å². The van der Waals surface area contributed by atoms with Crippen LogP contribution in [0.5, 0.6) is 0 Å². The van der Waals surface area contributed by atoms with Gasteiger partial charge in [0.1, 0.15) is 23.3 Å². The SMILES string of the molecule is COC1(C(=O)NS(=O)(=O)c2cc(F)c(N[C@H](CCN(C)C)CSc3ccc(F)cc3)c(C#N)c2)CCC1. The molecule has 3 rings (SSSR count). The van der Waals surface area contributed by atoms with Crippen LogP contribution in [0.15, 0.2) is 46.2 Å². The van der Waals surface area contributed by atoms with Gasteiger partial charge in [0.2, 0.25) is 0 Å². The Morgan fingerprint density at radius 2 is 1.92 bits per heavy atom. The zero-order valence-electron chi connectivity index (χ0n) is 20.9. The number of amides is 1. The molecule has 8 nitrogen and oxygen atoms in total. The minimum Gasteiger partial charge on any atom is -0.378 e. The Kier molecular flexibility index (Phi) is 9.52. The first-order valence-corrected chi connectivity index (χ1v) is 14.1. The molecule has 200 valence electrons. The van der Waals surface area contributed by atoms with E-state index in [2.05, 4.69) is 5.32 Å². The molecule has 37 heavy (non-hydrogen) atoms. The van der Waals surface area contributed by atoms with Gasteiger partial charge in [0.15, 0.2) is 0 Å². The fourth-order valence-electron chi connectivity index (χ4n) is 3.81. The lowest BCUT2D eigenvalue weighted by molar-refractivity contribution is -0.152. The van der Waals surface area contributed by atoms with Crippen molar-refractivity contribution in [3.8, 4) is 6.07 Å². The van der Waals surface area contributed by atoms with Gasteiger partial charge in [-0.05, 0) is 82.7 Å². The molecule has 1 atom stereocenters. The molecule has 1 fully saturated rings. The quantitative estimate of drug-likeness (QED) is 0.383. The van der Waals surface area contributed by atoms with E-state index in [-0.39, 0.29) is 23.1 Å². The number of nitrogens with one attached hydrogen (secondary N) is 2. The fourth-order valence-corrected chi connectivity index (χ4v) is 5.86. The minimum absolute atomic E-state index is 0.122. The van der Waals surface area contributed by atoms with Gasteiger partial charge in [-0.3, -0.25) is 4.79 Å². The molecule has 0 heterocycles. The van der Waals surface area contributed by atoms with Crippen LogP contribution >= 0.6 is 11.8 Å². The Hall–Kier alpha value is -2.72. The largest absolute Gasteiger partial charge is 0.378 e. The summed E-state index contributed by atoms with van der Waals surface area (Å²) in [6.07, 6.45) is 2.09. The number of carbonyl (C=O) groups excluding carboxylic acids is 1. The highest BCUT2D eigenvalue weighted by Gasteiger charge is 2.46. The molecular formula is C25H30F2N4O4S2. The van der Waals surface area contributed by atoms with Gasteiger partial charge in [0.05, 0.1) is 16.1 Å². The van der Waals surface area contributed by atoms with E-state index in [0.717, 1.165) is 23.4 Å². The van der Waals surface area contributed by atoms with Crippen molar-refractivity contribution in [3.05, 3.63) is 53.6 Å². The summed E-state index contributed by atoms with van der Waals surface area (Å²) in [5.41, 5.74) is -1.55. The highest BCUT2D eigenvalue weighted by atomic mass is 32.2. The smallest absolute Gasteiger partial charge is 0.265 e. The third-order valence-corrected chi connectivity index (χ3v) is 8.71. The van der Waals surface area contributed by atoms with E-state index in [9.17, 15) is 22.9 Å². The summed E-state index contributed by atoms with van der Waals surface area (Å²) in [6, 6.07) is 9.40. The number of anilines is 1. The molecule has 12 heteroatoms. The van der Waals surface area contributed by atoms with E-state index in [1.54, 1.807) is 12.1 Å². The van der Waals surface area contributed by atoms with Gasteiger partial charge < -0.3 is 15.0 Å². The Balaban J connectivity index is 1.81. The number of benzene rings is 2. The lowest BCUT2D eigenvalue weighted by Gasteiger charge is -2.38. The molecule has 1 saturated carbocycles. The van der Waals surface area contributed by atoms with E-state index >= 15 is 4.39 Å². The van der Waals surface area contributed by atoms with Crippen LogP contribution in [0.2, 0.25) is 0 Å². The van der Waals surface area contributed by atoms with Crippen LogP contribution in [-0.4, -0.2) is 64.4 Å². The third kappa shape index (κ3) is 7.19. The number of nitriles is 1. The molecule has 2 aromatic rings. The molecule has 2 aromatic carbocycles. The van der Waals surface area contributed by atoms with Crippen molar-refractivity contribution in [2.75, 3.05) is 38.8 Å². The summed E-state index contributed by atoms with van der Waals surface area (Å²) in [4.78, 5) is 14.8. The molecule has 0 radical (unpaired) electrons. The summed E-state index contributed by atoms with van der Waals surface area (Å²) in [6.45, 7) is 0.672. The number of ether oxygens (including phenoxy) is 1. The summed E-state index contributed by atoms with van der Waals surface area (Å²) < 4.78 is 61.3. The number of nitrogens with zero attached hydrogens (tertiary/aromatic N) is 2. The van der Waals surface area contributed by atoms with Crippen molar-refractivity contribution in [1.82, 2.24) is 9.62 Å². The standard InChI is InChI=1S/C25H30F2N4O4S2/c1-31(2)12-9-19(16-36-20-7-5-18(26)6-8-20)29-23-17(15-28)13-21(14-22(23)27)37(33,34)30-24(32)25(35-3)10-4-11-25/h5-8,13-14,19,29H,4,9-12,16H2,1-3H3,(H,30,32)/t19-/m1/s1. The van der Waals surface area contributed by atoms with Crippen LogP contribution in [0, 0.1) is 23.0 Å². The zero-order valence-corrected chi connectivity index (χ0v) is 22.5. The Morgan fingerprint density at radius 1 is 1.24 bits per heavy atom. The van der Waals surface area contributed by atoms with Crippen LogP contribution in [0.1, 0.15) is 31.2 Å². The van der Waals surface area contributed by atoms with Crippen LogP contribution < -0.4 is 10.0 Å². The number of sulfonamides is 1. The molecule has 0 saturated heterocycles. The molecule has 0 unspecified atom stereocenters. The average Bonchev–Trinajstić information content (AvgIpc) is 2.81. The van der Waals surface area contributed by atoms with Gasteiger partial charge in [0.25, 0.3) is 15.9 Å². The van der Waals surface area contributed by atoms with Gasteiger partial charge in [0, 0.05) is 23.8 Å². The number of thioether (sulfide) groups is 1. The Labute approximate surface area is 220 Å². The van der Waals surface area contributed by atoms with Crippen LogP contribution in [0.4, 0.5) is 14.5 Å². The first-order valence-electron chi connectivity index (χ1n) is 11.7. The molecule has 0 aromatic heterocycles. The molecule has 1 aliphatic rings. The lowest BCUT2D eigenvalue weighted by Crippen LogP contribution is -2.54. The van der Waals surface area contributed by atoms with Gasteiger partial charge in [-0.15, -0.1) is 11.8 Å². The number of halogens is 2. The molecule has 0 bridgehead atoms. The second kappa shape index (κ2) is 12.2. The maximum Gasteiger partial charge on any atom is 0.265 e. The van der Waals surface area contributed by atoms with E-state index in [1.165, 1.54) is 31.0 Å². The Morgan fingerprint density at radius 3 is 2.46 bits per heavy atom. The van der Waals surface area contributed by atoms with Crippen LogP contribution in [0.25, 0.3) is 0 Å². The lowest BCUT2D eigenvalue weighted by atomic mass is 9.79. The fraction of sp³-hybridized carbons (Fsp3) is 0.440. The van der Waals surface area contributed by atoms with E-state index in [0.29, 0.717) is 31.6 Å². The topological polar surface area (TPSA) is 112 Å². The van der Waals surface area contributed by atoms with Gasteiger partial charge in [-0.25, -0.2) is 21.9 Å². The molecule has 1 amide bonds. The van der Waals surface area contributed by atoms with E-state index in [1.807, 2.05) is 29.8 Å². The number of methoxy groups -OCH3 is 1. The van der Waals surface area contributed by atoms with Crippen molar-refractivity contribution in [2.24, 2.45) is 0 Å². The molecule has 2 N–H and O–H groups in total. The zero-order chi connectivity index (χ0) is 27.2. The average molecular weight is 553 g/mol. The second-order valence-electron chi connectivity index (χ2n) is 9.12. The van der Waals surface area contributed by atoms with Gasteiger partial charge in [-0.2, -0.15) is 5.26 Å². The van der Waals surface area contributed by atoms with Gasteiger partial charge in [-0.1, -0.05) is 0 Å². The predicted molar refractivity (Wildman–Crippen MR) is 138 cm³/mol. The van der Waals surface area contributed by atoms with Crippen molar-refractivity contribution in [3.63, 3.8) is 0 Å². The molecule has 0 spiro atoms. The number of hydrogen-bond donors (Lipinski definition) is 2. The van der Waals surface area contributed by atoms with Gasteiger partial charge >= 0.3 is 0 Å². The highest BCUT2D eigenvalue weighted by molar-refractivity contribution is 7.99. The minimum atomic E-state index is -4.44. The number of hydrogen-bond acceptors (Lipinski definition) is 8. The maximum atomic E-state index is 15.2. The summed E-state index contributed by atoms with van der Waals surface area (Å²) in [5, 5.41) is 12.7. The van der Waals surface area contributed by atoms with Crippen molar-refractivity contribution >= 4 is 33.4 Å². The van der Waals surface area contributed by atoms with Crippen LogP contribution in [-0.2, 0) is 19.6 Å². The second-order valence-corrected chi connectivity index (χ2v) is 11.9. The molecule has 0 aliphatic heterocycles. The normalized spacial score (nSPS) is 15.5. The highest BCUT2D eigenvalue weighted by Crippen LogP contribution is 2.36. The summed E-state index contributed by atoms with van der Waals surface area (Å²) in [5.74, 6) is -1.61. The monoisotopic (exact) mass is 552 g/mol. The van der Waals surface area contributed by atoms with Crippen LogP contribution in [0.3, 0.4) is 0 Å². The summed E-state index contributed by atoms with van der Waals surface area (Å²) in [7, 11) is 0.692. The van der Waals surface area contributed by atoms with Crippen molar-refractivity contribution in [1.29, 1.82) is 5.26 Å². The molecular weight excluding hydrogens is 522 g/mol. The third-order valence-electron chi connectivity index (χ3n) is 6.23. The molecule has 1 aliphatic carbocycles. The number of carbonyl (C=O) groups is 1. The number of rotatable bonds is 12. The van der Waals surface area contributed by atoms with E-state index < -0.39 is 32.2 Å². The maximum absolute atomic E-state index is 15.2. The first-order chi connectivity index (χ1) is 17.5. The Bertz CT molecular complexity index is 1260. The predicted octanol–water partition coefficient (Wildman–Crippen LogP) is 3.73. The first kappa shape index (κ1) is 28.8. The van der Waals surface area contributed by atoms with Crippen molar-refractivity contribution in [2.45, 2.75) is 47.1 Å².